The van der Waals surface area contributed by atoms with E-state index in [2.05, 4.69) is 10.3 Å². The third-order valence-corrected chi connectivity index (χ3v) is 6.71. The van der Waals surface area contributed by atoms with Gasteiger partial charge < -0.3 is 10.1 Å². The summed E-state index contributed by atoms with van der Waals surface area (Å²) in [5.41, 5.74) is 1.72. The number of para-hydroxylation sites is 1. The maximum Gasteiger partial charge on any atom is 0.208 e. The zero-order valence-electron chi connectivity index (χ0n) is 15.0. The molecule has 2 heterocycles. The molecule has 0 saturated carbocycles. The highest BCUT2D eigenvalue weighted by Gasteiger charge is 2.19. The van der Waals surface area contributed by atoms with E-state index in [0.717, 1.165) is 49.2 Å². The van der Waals surface area contributed by atoms with E-state index in [-0.39, 0.29) is 9.79 Å². The van der Waals surface area contributed by atoms with Crippen LogP contribution in [0.5, 0.6) is 0 Å². The lowest BCUT2D eigenvalue weighted by Crippen LogP contribution is -2.22. The summed E-state index contributed by atoms with van der Waals surface area (Å²) in [5, 5.41) is 4.29. The standard InChI is InChI=1S/C21H22N2O3S/c24-27(25,18-6-2-1-3-7-18)19-13-17-5-4-8-20(21(17)23-15-19)22-14-16-9-11-26-12-10-16/h1-8,13,15-16,22H,9-12,14H2. The number of pyridine rings is 1. The predicted octanol–water partition coefficient (Wildman–Crippen LogP) is 3.91. The largest absolute Gasteiger partial charge is 0.383 e. The lowest BCUT2D eigenvalue weighted by atomic mass is 10.0. The van der Waals surface area contributed by atoms with Gasteiger partial charge in [-0.25, -0.2) is 8.42 Å². The molecule has 0 radical (unpaired) electrons. The molecule has 3 aromatic rings. The number of rotatable bonds is 5. The Morgan fingerprint density at radius 3 is 2.56 bits per heavy atom. The molecule has 5 nitrogen and oxygen atoms in total. The summed E-state index contributed by atoms with van der Waals surface area (Å²) in [4.78, 5) is 4.96. The molecule has 2 aromatic carbocycles. The molecular formula is C21H22N2O3S. The van der Waals surface area contributed by atoms with Crippen molar-refractivity contribution < 1.29 is 13.2 Å². The average Bonchev–Trinajstić information content (AvgIpc) is 2.73. The van der Waals surface area contributed by atoms with Gasteiger partial charge in [0.1, 0.15) is 0 Å². The third-order valence-electron chi connectivity index (χ3n) is 4.97. The summed E-state index contributed by atoms with van der Waals surface area (Å²) < 4.78 is 31.1. The van der Waals surface area contributed by atoms with Gasteiger partial charge in [0.2, 0.25) is 9.84 Å². The van der Waals surface area contributed by atoms with Gasteiger partial charge in [-0.1, -0.05) is 30.3 Å². The Labute approximate surface area is 159 Å². The van der Waals surface area contributed by atoms with Crippen molar-refractivity contribution in [2.45, 2.75) is 22.6 Å². The molecule has 0 unspecified atom stereocenters. The van der Waals surface area contributed by atoms with E-state index >= 15 is 0 Å². The molecule has 0 spiro atoms. The summed E-state index contributed by atoms with van der Waals surface area (Å²) in [7, 11) is -3.57. The van der Waals surface area contributed by atoms with Crippen LogP contribution in [0.25, 0.3) is 10.9 Å². The monoisotopic (exact) mass is 382 g/mol. The number of benzene rings is 2. The normalized spacial score (nSPS) is 15.7. The van der Waals surface area contributed by atoms with E-state index in [1.165, 1.54) is 6.20 Å². The Morgan fingerprint density at radius 2 is 1.78 bits per heavy atom. The van der Waals surface area contributed by atoms with E-state index in [9.17, 15) is 8.42 Å². The summed E-state index contributed by atoms with van der Waals surface area (Å²) in [5.74, 6) is 0.590. The highest BCUT2D eigenvalue weighted by Crippen LogP contribution is 2.27. The molecule has 27 heavy (non-hydrogen) atoms. The second-order valence-corrected chi connectivity index (χ2v) is 8.75. The van der Waals surface area contributed by atoms with Crippen molar-refractivity contribution in [1.29, 1.82) is 0 Å². The first-order valence-electron chi connectivity index (χ1n) is 9.15. The minimum Gasteiger partial charge on any atom is -0.383 e. The first-order valence-corrected chi connectivity index (χ1v) is 10.6. The maximum absolute atomic E-state index is 12.8. The van der Waals surface area contributed by atoms with Gasteiger partial charge >= 0.3 is 0 Å². The van der Waals surface area contributed by atoms with Crippen LogP contribution in [0.15, 0.2) is 70.6 Å². The van der Waals surface area contributed by atoms with Crippen molar-refractivity contribution >= 4 is 26.4 Å². The molecule has 6 heteroatoms. The van der Waals surface area contributed by atoms with Gasteiger partial charge in [0.15, 0.2) is 0 Å². The minimum atomic E-state index is -3.57. The molecule has 0 bridgehead atoms. The van der Waals surface area contributed by atoms with Gasteiger partial charge in [-0.15, -0.1) is 0 Å². The fraction of sp³-hybridized carbons (Fsp3) is 0.286. The first kappa shape index (κ1) is 17.9. The molecule has 1 aliphatic heterocycles. The van der Waals surface area contributed by atoms with Crippen LogP contribution in [-0.2, 0) is 14.6 Å². The molecular weight excluding hydrogens is 360 g/mol. The van der Waals surface area contributed by atoms with Gasteiger partial charge in [-0.2, -0.15) is 0 Å². The summed E-state index contributed by atoms with van der Waals surface area (Å²) in [6.45, 7) is 2.51. The van der Waals surface area contributed by atoms with Gasteiger partial charge in [-0.3, -0.25) is 4.98 Å². The number of nitrogens with zero attached hydrogens (tertiary/aromatic N) is 1. The Morgan fingerprint density at radius 1 is 1.00 bits per heavy atom. The number of aromatic nitrogens is 1. The number of ether oxygens (including phenoxy) is 1. The van der Waals surface area contributed by atoms with Crippen molar-refractivity contribution in [1.82, 2.24) is 4.98 Å². The number of hydrogen-bond acceptors (Lipinski definition) is 5. The number of anilines is 1. The van der Waals surface area contributed by atoms with Crippen LogP contribution < -0.4 is 5.32 Å². The lowest BCUT2D eigenvalue weighted by Gasteiger charge is -2.23. The van der Waals surface area contributed by atoms with Crippen molar-refractivity contribution in [3.63, 3.8) is 0 Å². The fourth-order valence-corrected chi connectivity index (χ4v) is 4.63. The Balaban J connectivity index is 1.62. The van der Waals surface area contributed by atoms with E-state index in [1.807, 2.05) is 18.2 Å². The Hall–Kier alpha value is -2.44. The van der Waals surface area contributed by atoms with Gasteiger partial charge in [0.25, 0.3) is 0 Å². The molecule has 0 amide bonds. The van der Waals surface area contributed by atoms with Crippen LogP contribution in [0.4, 0.5) is 5.69 Å². The fourth-order valence-electron chi connectivity index (χ4n) is 3.37. The van der Waals surface area contributed by atoms with Gasteiger partial charge in [-0.05, 0) is 43.0 Å². The Bertz CT molecular complexity index is 1030. The second kappa shape index (κ2) is 7.66. The van der Waals surface area contributed by atoms with Crippen LogP contribution in [0, 0.1) is 5.92 Å². The highest BCUT2D eigenvalue weighted by atomic mass is 32.2. The minimum absolute atomic E-state index is 0.211. The summed E-state index contributed by atoms with van der Waals surface area (Å²) >= 11 is 0. The highest BCUT2D eigenvalue weighted by molar-refractivity contribution is 7.91. The van der Waals surface area contributed by atoms with Crippen molar-refractivity contribution in [2.24, 2.45) is 5.92 Å². The predicted molar refractivity (Wildman–Crippen MR) is 106 cm³/mol. The molecule has 1 N–H and O–H groups in total. The van der Waals surface area contributed by atoms with E-state index < -0.39 is 9.84 Å². The smallest absolute Gasteiger partial charge is 0.208 e. The number of nitrogens with one attached hydrogen (secondary N) is 1. The lowest BCUT2D eigenvalue weighted by molar-refractivity contribution is 0.0699. The summed E-state index contributed by atoms with van der Waals surface area (Å²) in [6, 6.07) is 16.0. The topological polar surface area (TPSA) is 68.3 Å². The number of fused-ring (bicyclic) bond motifs is 1. The molecule has 140 valence electrons. The van der Waals surface area contributed by atoms with Crippen molar-refractivity contribution in [2.75, 3.05) is 25.1 Å². The molecule has 1 saturated heterocycles. The average molecular weight is 382 g/mol. The zero-order valence-corrected chi connectivity index (χ0v) is 15.8. The molecule has 0 atom stereocenters. The van der Waals surface area contributed by atoms with E-state index in [1.54, 1.807) is 36.4 Å². The van der Waals surface area contributed by atoms with Gasteiger partial charge in [0.05, 0.1) is 21.0 Å². The Kier molecular flexibility index (Phi) is 5.09. The van der Waals surface area contributed by atoms with Crippen LogP contribution in [0.2, 0.25) is 0 Å². The second-order valence-electron chi connectivity index (χ2n) is 6.80. The SMILES string of the molecule is O=S(=O)(c1ccccc1)c1cnc2c(NCC3CCOCC3)cccc2c1. The zero-order chi connectivity index (χ0) is 18.7. The third kappa shape index (κ3) is 3.82. The maximum atomic E-state index is 12.8. The molecule has 1 aromatic heterocycles. The number of sulfone groups is 1. The molecule has 1 fully saturated rings. The first-order chi connectivity index (χ1) is 13.1. The van der Waals surface area contributed by atoms with Crippen LogP contribution in [0.1, 0.15) is 12.8 Å². The summed E-state index contributed by atoms with van der Waals surface area (Å²) in [6.07, 6.45) is 3.57. The van der Waals surface area contributed by atoms with E-state index in [0.29, 0.717) is 5.92 Å². The van der Waals surface area contributed by atoms with E-state index in [4.69, 9.17) is 4.74 Å². The molecule has 4 rings (SSSR count). The molecule has 0 aliphatic carbocycles. The van der Waals surface area contributed by atoms with Crippen molar-refractivity contribution in [3.8, 4) is 0 Å². The quantitative estimate of drug-likeness (QED) is 0.725. The van der Waals surface area contributed by atoms with Crippen LogP contribution >= 0.6 is 0 Å². The number of hydrogen-bond donors (Lipinski definition) is 1. The van der Waals surface area contributed by atoms with Gasteiger partial charge in [0, 0.05) is 31.3 Å². The molecule has 1 aliphatic rings. The van der Waals surface area contributed by atoms with Crippen LogP contribution in [-0.4, -0.2) is 33.2 Å². The van der Waals surface area contributed by atoms with Crippen LogP contribution in [0.3, 0.4) is 0 Å². The van der Waals surface area contributed by atoms with Crippen molar-refractivity contribution in [3.05, 3.63) is 60.8 Å².